The Hall–Kier alpha value is -1.43. The molecule has 0 aliphatic heterocycles. The van der Waals surface area contributed by atoms with E-state index >= 15 is 0 Å². The quantitative estimate of drug-likeness (QED) is 0.782. The molecule has 76 valence electrons. The zero-order chi connectivity index (χ0) is 10.6. The standard InChI is InChI=1S/C8H9NO4S/c10-8(11)4-6-14(12,13)7-3-1-2-5-9-7/h1-3,5H,4,6H2,(H,10,11). The number of carboxylic acid groups (broad SMARTS) is 1. The molecule has 1 heterocycles. The van der Waals surface area contributed by atoms with Crippen LogP contribution in [0.25, 0.3) is 0 Å². The van der Waals surface area contributed by atoms with Crippen LogP contribution in [-0.2, 0) is 14.6 Å². The summed E-state index contributed by atoms with van der Waals surface area (Å²) in [6.07, 6.45) is 0.951. The van der Waals surface area contributed by atoms with Gasteiger partial charge in [0.15, 0.2) is 14.9 Å². The molecule has 0 fully saturated rings. The number of pyridine rings is 1. The topological polar surface area (TPSA) is 84.3 Å². The zero-order valence-corrected chi connectivity index (χ0v) is 8.07. The number of carboxylic acids is 1. The van der Waals surface area contributed by atoms with Gasteiger partial charge in [-0.05, 0) is 12.1 Å². The van der Waals surface area contributed by atoms with Crippen molar-refractivity contribution in [3.8, 4) is 0 Å². The van der Waals surface area contributed by atoms with Crippen LogP contribution < -0.4 is 0 Å². The second-order valence-electron chi connectivity index (χ2n) is 2.63. The van der Waals surface area contributed by atoms with E-state index in [1.807, 2.05) is 0 Å². The highest BCUT2D eigenvalue weighted by Crippen LogP contribution is 2.07. The SMILES string of the molecule is O=C(O)CCS(=O)(=O)c1ccccn1. The third-order valence-corrected chi connectivity index (χ3v) is 3.16. The fraction of sp³-hybridized carbons (Fsp3) is 0.250. The molecule has 0 aromatic carbocycles. The number of aliphatic carboxylic acids is 1. The van der Waals surface area contributed by atoms with Crippen molar-refractivity contribution in [2.24, 2.45) is 0 Å². The molecule has 0 saturated heterocycles. The molecule has 0 amide bonds. The Balaban J connectivity index is 2.82. The summed E-state index contributed by atoms with van der Waals surface area (Å²) in [5, 5.41) is 8.26. The van der Waals surface area contributed by atoms with Crippen LogP contribution in [0.3, 0.4) is 0 Å². The van der Waals surface area contributed by atoms with Crippen LogP contribution >= 0.6 is 0 Å². The zero-order valence-electron chi connectivity index (χ0n) is 7.25. The van der Waals surface area contributed by atoms with Gasteiger partial charge >= 0.3 is 5.97 Å². The molecule has 6 heteroatoms. The molecule has 0 atom stereocenters. The molecule has 5 nitrogen and oxygen atoms in total. The molecule has 1 aromatic heterocycles. The average Bonchev–Trinajstić information content (AvgIpc) is 2.16. The number of rotatable bonds is 4. The van der Waals surface area contributed by atoms with E-state index in [0.29, 0.717) is 0 Å². The highest BCUT2D eigenvalue weighted by atomic mass is 32.2. The van der Waals surface area contributed by atoms with Gasteiger partial charge < -0.3 is 5.11 Å². The fourth-order valence-corrected chi connectivity index (χ4v) is 2.02. The Morgan fingerprint density at radius 2 is 2.14 bits per heavy atom. The maximum Gasteiger partial charge on any atom is 0.304 e. The normalized spacial score (nSPS) is 11.1. The fourth-order valence-electron chi connectivity index (χ4n) is 0.857. The van der Waals surface area contributed by atoms with E-state index in [0.717, 1.165) is 0 Å². The molecular weight excluding hydrogens is 206 g/mol. The van der Waals surface area contributed by atoms with Crippen molar-refractivity contribution in [1.29, 1.82) is 0 Å². The Labute approximate surface area is 81.3 Å². The van der Waals surface area contributed by atoms with Crippen molar-refractivity contribution < 1.29 is 18.3 Å². The Kier molecular flexibility index (Phi) is 3.19. The molecule has 1 rings (SSSR count). The molecule has 0 bridgehead atoms. The first kappa shape index (κ1) is 10.6. The number of aromatic nitrogens is 1. The first-order valence-corrected chi connectivity index (χ1v) is 5.53. The first-order chi connectivity index (χ1) is 6.52. The predicted molar refractivity (Wildman–Crippen MR) is 48.5 cm³/mol. The van der Waals surface area contributed by atoms with E-state index in [1.165, 1.54) is 12.3 Å². The molecule has 0 aliphatic carbocycles. The molecule has 14 heavy (non-hydrogen) atoms. The molecule has 0 aliphatic rings. The summed E-state index contributed by atoms with van der Waals surface area (Å²) in [5.74, 6) is -1.55. The Morgan fingerprint density at radius 3 is 2.64 bits per heavy atom. The van der Waals surface area contributed by atoms with Gasteiger partial charge in [0.25, 0.3) is 0 Å². The van der Waals surface area contributed by atoms with E-state index in [2.05, 4.69) is 4.98 Å². The largest absolute Gasteiger partial charge is 0.481 e. The molecule has 0 spiro atoms. The maximum absolute atomic E-state index is 11.4. The van der Waals surface area contributed by atoms with Gasteiger partial charge in [-0.1, -0.05) is 6.07 Å². The molecule has 1 N–H and O–H groups in total. The second kappa shape index (κ2) is 4.19. The minimum Gasteiger partial charge on any atom is -0.481 e. The lowest BCUT2D eigenvalue weighted by Gasteiger charge is -2.00. The number of hydrogen-bond acceptors (Lipinski definition) is 4. The second-order valence-corrected chi connectivity index (χ2v) is 4.69. The van der Waals surface area contributed by atoms with Crippen LogP contribution in [0.1, 0.15) is 6.42 Å². The van der Waals surface area contributed by atoms with Gasteiger partial charge in [-0.2, -0.15) is 0 Å². The summed E-state index contributed by atoms with van der Waals surface area (Å²) in [5.41, 5.74) is 0. The third kappa shape index (κ3) is 2.81. The summed E-state index contributed by atoms with van der Waals surface area (Å²) >= 11 is 0. The van der Waals surface area contributed by atoms with Crippen molar-refractivity contribution in [2.75, 3.05) is 5.75 Å². The van der Waals surface area contributed by atoms with Gasteiger partial charge in [0.1, 0.15) is 0 Å². The minimum atomic E-state index is -3.55. The third-order valence-electron chi connectivity index (χ3n) is 1.54. The highest BCUT2D eigenvalue weighted by molar-refractivity contribution is 7.91. The van der Waals surface area contributed by atoms with E-state index in [1.54, 1.807) is 12.1 Å². The molecule has 0 unspecified atom stereocenters. The summed E-state index contributed by atoms with van der Waals surface area (Å²) in [6.45, 7) is 0. The molecule has 1 aromatic rings. The molecular formula is C8H9NO4S. The van der Waals surface area contributed by atoms with Crippen molar-refractivity contribution in [3.05, 3.63) is 24.4 Å². The van der Waals surface area contributed by atoms with Gasteiger partial charge in [-0.15, -0.1) is 0 Å². The predicted octanol–water partition coefficient (Wildman–Crippen LogP) is 0.330. The van der Waals surface area contributed by atoms with E-state index in [4.69, 9.17) is 5.11 Å². The van der Waals surface area contributed by atoms with Crippen LogP contribution in [-0.4, -0.2) is 30.2 Å². The maximum atomic E-state index is 11.4. The summed E-state index contributed by atoms with van der Waals surface area (Å²) < 4.78 is 22.8. The monoisotopic (exact) mass is 215 g/mol. The molecule has 0 radical (unpaired) electrons. The summed E-state index contributed by atoms with van der Waals surface area (Å²) in [7, 11) is -3.55. The van der Waals surface area contributed by atoms with Gasteiger partial charge in [-0.25, -0.2) is 13.4 Å². The van der Waals surface area contributed by atoms with Crippen molar-refractivity contribution in [1.82, 2.24) is 4.98 Å². The first-order valence-electron chi connectivity index (χ1n) is 3.88. The van der Waals surface area contributed by atoms with Gasteiger partial charge in [0.2, 0.25) is 0 Å². The minimum absolute atomic E-state index is 0.0822. The summed E-state index contributed by atoms with van der Waals surface area (Å²) in [6, 6.07) is 4.48. The average molecular weight is 215 g/mol. The van der Waals surface area contributed by atoms with Gasteiger partial charge in [0.05, 0.1) is 12.2 Å². The number of carbonyl (C=O) groups is 1. The van der Waals surface area contributed by atoms with Crippen LogP contribution in [0.2, 0.25) is 0 Å². The van der Waals surface area contributed by atoms with Gasteiger partial charge in [0, 0.05) is 6.20 Å². The number of nitrogens with zero attached hydrogens (tertiary/aromatic N) is 1. The van der Waals surface area contributed by atoms with Crippen LogP contribution in [0, 0.1) is 0 Å². The van der Waals surface area contributed by atoms with Crippen molar-refractivity contribution >= 4 is 15.8 Å². The lowest BCUT2D eigenvalue weighted by atomic mass is 10.5. The van der Waals surface area contributed by atoms with Gasteiger partial charge in [-0.3, -0.25) is 4.79 Å². The van der Waals surface area contributed by atoms with E-state index in [9.17, 15) is 13.2 Å². The Bertz CT molecular complexity index is 412. The van der Waals surface area contributed by atoms with Crippen LogP contribution in [0.5, 0.6) is 0 Å². The smallest absolute Gasteiger partial charge is 0.304 e. The van der Waals surface area contributed by atoms with Crippen molar-refractivity contribution in [3.63, 3.8) is 0 Å². The van der Waals surface area contributed by atoms with E-state index < -0.39 is 28.0 Å². The lowest BCUT2D eigenvalue weighted by molar-refractivity contribution is -0.136. The van der Waals surface area contributed by atoms with Crippen molar-refractivity contribution in [2.45, 2.75) is 11.4 Å². The number of hydrogen-bond donors (Lipinski definition) is 1. The summed E-state index contributed by atoms with van der Waals surface area (Å²) in [4.78, 5) is 13.8. The van der Waals surface area contributed by atoms with Crippen LogP contribution in [0.15, 0.2) is 29.4 Å². The number of sulfone groups is 1. The molecule has 0 saturated carbocycles. The Morgan fingerprint density at radius 1 is 1.43 bits per heavy atom. The highest BCUT2D eigenvalue weighted by Gasteiger charge is 2.16. The van der Waals surface area contributed by atoms with Crippen LogP contribution in [0.4, 0.5) is 0 Å². The lowest BCUT2D eigenvalue weighted by Crippen LogP contribution is -2.12. The van der Waals surface area contributed by atoms with E-state index in [-0.39, 0.29) is 5.03 Å².